The van der Waals surface area contributed by atoms with E-state index in [4.69, 9.17) is 0 Å². The summed E-state index contributed by atoms with van der Waals surface area (Å²) in [4.78, 5) is 37.4. The number of nitrogens with zero attached hydrogens (tertiary/aromatic N) is 4. The molecule has 0 aliphatic carbocycles. The van der Waals surface area contributed by atoms with Gasteiger partial charge in [0.2, 0.25) is 0 Å². The maximum atomic E-state index is 12.5. The van der Waals surface area contributed by atoms with Gasteiger partial charge in [-0.25, -0.2) is 0 Å². The van der Waals surface area contributed by atoms with Crippen molar-refractivity contribution in [1.82, 2.24) is 30.2 Å². The standard InChI is InChI=1S/C29H26F6N6O5/c30-28(31,32)45-22-7-3-5-19(13-22)16-36-26(43)21-9-12-40(25(42)15-21)10-1-2-11-41-18-24(38-39-41)27(44)37-17-20-6-4-8-23(14-20)46-29(33,34)35/h3-9,12-15,18H,1-2,10-11,16-17H2,(H,36,43)(H,37,44). The van der Waals surface area contributed by atoms with Crippen molar-refractivity contribution in [3.05, 3.63) is 106 Å². The average molecular weight is 653 g/mol. The van der Waals surface area contributed by atoms with Gasteiger partial charge in [0.1, 0.15) is 11.5 Å². The van der Waals surface area contributed by atoms with E-state index in [-0.39, 0.29) is 24.3 Å². The predicted molar refractivity (Wildman–Crippen MR) is 149 cm³/mol. The second-order valence-corrected chi connectivity index (χ2v) is 9.78. The van der Waals surface area contributed by atoms with Gasteiger partial charge in [0, 0.05) is 44.0 Å². The Bertz CT molecular complexity index is 1720. The van der Waals surface area contributed by atoms with Crippen LogP contribution in [0.4, 0.5) is 26.3 Å². The van der Waals surface area contributed by atoms with Gasteiger partial charge in [-0.1, -0.05) is 29.5 Å². The minimum atomic E-state index is -4.84. The molecule has 0 saturated carbocycles. The first-order valence-electron chi connectivity index (χ1n) is 13.6. The number of amides is 2. The molecular formula is C29H26F6N6O5. The largest absolute Gasteiger partial charge is 0.573 e. The molecule has 46 heavy (non-hydrogen) atoms. The summed E-state index contributed by atoms with van der Waals surface area (Å²) in [6.45, 7) is 0.551. The zero-order valence-corrected chi connectivity index (χ0v) is 23.8. The quantitative estimate of drug-likeness (QED) is 0.160. The molecule has 17 heteroatoms. The van der Waals surface area contributed by atoms with Crippen LogP contribution in [-0.4, -0.2) is 44.1 Å². The summed E-state index contributed by atoms with van der Waals surface area (Å²) >= 11 is 0. The lowest BCUT2D eigenvalue weighted by Gasteiger charge is -2.11. The Morgan fingerprint density at radius 3 is 1.89 bits per heavy atom. The third-order valence-electron chi connectivity index (χ3n) is 6.24. The lowest BCUT2D eigenvalue weighted by molar-refractivity contribution is -0.275. The van der Waals surface area contributed by atoms with E-state index in [1.807, 2.05) is 0 Å². The van der Waals surface area contributed by atoms with Crippen molar-refractivity contribution < 1.29 is 45.4 Å². The van der Waals surface area contributed by atoms with Crippen molar-refractivity contribution in [2.75, 3.05) is 0 Å². The third-order valence-corrected chi connectivity index (χ3v) is 6.24. The van der Waals surface area contributed by atoms with Gasteiger partial charge in [-0.3, -0.25) is 19.1 Å². The molecule has 0 aliphatic heterocycles. The van der Waals surface area contributed by atoms with Crippen molar-refractivity contribution in [2.45, 2.75) is 51.7 Å². The molecule has 2 aromatic carbocycles. The molecule has 0 fully saturated rings. The number of carbonyl (C=O) groups is 2. The van der Waals surface area contributed by atoms with Gasteiger partial charge < -0.3 is 24.7 Å². The van der Waals surface area contributed by atoms with E-state index in [0.717, 1.165) is 30.3 Å². The summed E-state index contributed by atoms with van der Waals surface area (Å²) in [7, 11) is 0. The average Bonchev–Trinajstić information content (AvgIpc) is 3.45. The van der Waals surface area contributed by atoms with Crippen LogP contribution in [0.3, 0.4) is 0 Å². The van der Waals surface area contributed by atoms with E-state index >= 15 is 0 Å². The summed E-state index contributed by atoms with van der Waals surface area (Å²) in [6.07, 6.45) is -5.70. The van der Waals surface area contributed by atoms with E-state index in [2.05, 4.69) is 30.4 Å². The Morgan fingerprint density at radius 2 is 1.33 bits per heavy atom. The maximum Gasteiger partial charge on any atom is 0.573 e. The number of aryl methyl sites for hydroxylation is 2. The van der Waals surface area contributed by atoms with Crippen molar-refractivity contribution >= 4 is 11.8 Å². The minimum absolute atomic E-state index is 0.00938. The molecule has 0 unspecified atom stereocenters. The highest BCUT2D eigenvalue weighted by Gasteiger charge is 2.31. The maximum absolute atomic E-state index is 12.5. The van der Waals surface area contributed by atoms with Crippen LogP contribution in [-0.2, 0) is 26.2 Å². The molecule has 4 aromatic rings. The number of nitrogens with one attached hydrogen (secondary N) is 2. The van der Waals surface area contributed by atoms with Crippen molar-refractivity contribution in [1.29, 1.82) is 0 Å². The predicted octanol–water partition coefficient (Wildman–Crippen LogP) is 4.58. The van der Waals surface area contributed by atoms with E-state index in [9.17, 15) is 40.7 Å². The Hall–Kier alpha value is -5.35. The fourth-order valence-electron chi connectivity index (χ4n) is 4.16. The topological polar surface area (TPSA) is 129 Å². The van der Waals surface area contributed by atoms with Crippen molar-refractivity contribution in [2.24, 2.45) is 0 Å². The van der Waals surface area contributed by atoms with Gasteiger partial charge in [0.15, 0.2) is 5.69 Å². The van der Waals surface area contributed by atoms with Crippen LogP contribution in [0.2, 0.25) is 0 Å². The molecule has 2 amide bonds. The smallest absolute Gasteiger partial charge is 0.406 e. The van der Waals surface area contributed by atoms with Crippen LogP contribution in [0, 0.1) is 0 Å². The van der Waals surface area contributed by atoms with Crippen LogP contribution in [0.1, 0.15) is 44.8 Å². The normalized spacial score (nSPS) is 11.6. The molecule has 4 rings (SSSR count). The summed E-state index contributed by atoms with van der Waals surface area (Å²) in [5.41, 5.74) is 0.418. The third kappa shape index (κ3) is 10.7. The molecule has 244 valence electrons. The molecule has 0 aliphatic rings. The van der Waals surface area contributed by atoms with Gasteiger partial charge in [0.25, 0.3) is 17.4 Å². The Balaban J connectivity index is 1.19. The van der Waals surface area contributed by atoms with E-state index in [1.165, 1.54) is 52.0 Å². The number of rotatable bonds is 13. The first-order chi connectivity index (χ1) is 21.7. The van der Waals surface area contributed by atoms with Crippen LogP contribution in [0.5, 0.6) is 11.5 Å². The molecule has 2 heterocycles. The molecular weight excluding hydrogens is 626 g/mol. The second kappa shape index (κ2) is 14.6. The number of alkyl halides is 6. The number of carbonyl (C=O) groups excluding carboxylic acids is 2. The lowest BCUT2D eigenvalue weighted by Crippen LogP contribution is -2.26. The highest BCUT2D eigenvalue weighted by molar-refractivity contribution is 5.94. The van der Waals surface area contributed by atoms with Crippen LogP contribution < -0.4 is 25.7 Å². The first-order valence-corrected chi connectivity index (χ1v) is 13.6. The zero-order valence-electron chi connectivity index (χ0n) is 23.8. The van der Waals surface area contributed by atoms with E-state index in [0.29, 0.717) is 37.1 Å². The van der Waals surface area contributed by atoms with Crippen LogP contribution in [0.25, 0.3) is 0 Å². The van der Waals surface area contributed by atoms with Gasteiger partial charge in [-0.05, 0) is 54.3 Å². The summed E-state index contributed by atoms with van der Waals surface area (Å²) in [5, 5.41) is 12.8. The van der Waals surface area contributed by atoms with Crippen LogP contribution >= 0.6 is 0 Å². The van der Waals surface area contributed by atoms with Crippen molar-refractivity contribution in [3.63, 3.8) is 0 Å². The van der Waals surface area contributed by atoms with E-state index < -0.39 is 41.6 Å². The molecule has 0 atom stereocenters. The first kappa shape index (κ1) is 33.5. The molecule has 2 N–H and O–H groups in total. The fraction of sp³-hybridized carbons (Fsp3) is 0.276. The van der Waals surface area contributed by atoms with Gasteiger partial charge in [-0.15, -0.1) is 31.4 Å². The van der Waals surface area contributed by atoms with Crippen molar-refractivity contribution in [3.8, 4) is 11.5 Å². The number of hydrogen-bond donors (Lipinski definition) is 2. The molecule has 0 bridgehead atoms. The zero-order chi connectivity index (χ0) is 33.3. The number of hydrogen-bond acceptors (Lipinski definition) is 7. The van der Waals surface area contributed by atoms with Gasteiger partial charge >= 0.3 is 12.7 Å². The van der Waals surface area contributed by atoms with E-state index in [1.54, 1.807) is 0 Å². The molecule has 0 saturated heterocycles. The Kier molecular flexibility index (Phi) is 10.7. The Labute approximate surface area is 256 Å². The highest BCUT2D eigenvalue weighted by atomic mass is 19.4. The lowest BCUT2D eigenvalue weighted by atomic mass is 10.2. The molecule has 0 radical (unpaired) electrons. The van der Waals surface area contributed by atoms with Gasteiger partial charge in [-0.2, -0.15) is 0 Å². The number of unbranched alkanes of at least 4 members (excludes halogenated alkanes) is 1. The number of pyridine rings is 1. The fourth-order valence-corrected chi connectivity index (χ4v) is 4.16. The summed E-state index contributed by atoms with van der Waals surface area (Å²) < 4.78 is 85.1. The number of benzene rings is 2. The summed E-state index contributed by atoms with van der Waals surface area (Å²) in [6, 6.07) is 12.9. The molecule has 11 nitrogen and oxygen atoms in total. The number of aromatic nitrogens is 4. The number of halogens is 6. The monoisotopic (exact) mass is 652 g/mol. The minimum Gasteiger partial charge on any atom is -0.406 e. The molecule has 0 spiro atoms. The SMILES string of the molecule is O=C(NCc1cccc(OC(F)(F)F)c1)c1ccn(CCCCn2cc(C(=O)NCc3cccc(OC(F)(F)F)c3)nn2)c(=O)c1. The Morgan fingerprint density at radius 1 is 0.761 bits per heavy atom. The highest BCUT2D eigenvalue weighted by Crippen LogP contribution is 2.24. The second-order valence-electron chi connectivity index (χ2n) is 9.78. The summed E-state index contributed by atoms with van der Waals surface area (Å²) in [5.74, 6) is -1.98. The number of ether oxygens (including phenoxy) is 2. The van der Waals surface area contributed by atoms with Gasteiger partial charge in [0.05, 0.1) is 6.20 Å². The molecule has 2 aromatic heterocycles. The van der Waals surface area contributed by atoms with Crippen LogP contribution in [0.15, 0.2) is 77.9 Å².